The van der Waals surface area contributed by atoms with E-state index in [0.717, 1.165) is 12.0 Å². The molecule has 0 bridgehead atoms. The van der Waals surface area contributed by atoms with Gasteiger partial charge in [0.2, 0.25) is 0 Å². The second-order valence-corrected chi connectivity index (χ2v) is 3.56. The van der Waals surface area contributed by atoms with Gasteiger partial charge in [0.25, 0.3) is 0 Å². The van der Waals surface area contributed by atoms with Crippen molar-refractivity contribution in [2.45, 2.75) is 41.0 Å². The van der Waals surface area contributed by atoms with Crippen LogP contribution in [0.4, 0.5) is 0 Å². The van der Waals surface area contributed by atoms with Crippen LogP contribution in [0.2, 0.25) is 0 Å². The van der Waals surface area contributed by atoms with Crippen LogP contribution < -0.4 is 0 Å². The molecule has 0 aromatic heterocycles. The van der Waals surface area contributed by atoms with E-state index in [4.69, 9.17) is 0 Å². The first kappa shape index (κ1) is 10.4. The molecule has 0 unspecified atom stereocenters. The number of hydrogen-bond acceptors (Lipinski definition) is 1. The normalized spacial score (nSPS) is 13.3. The van der Waals surface area contributed by atoms with Crippen LogP contribution in [0, 0.1) is 5.92 Å². The van der Waals surface area contributed by atoms with Crippen LogP contribution in [0.25, 0.3) is 0 Å². The standard InChI is InChI=1S/C10H18O/c1-7(2)6-8(3)9(4)10(5)11/h7H,6H2,1-5H3/b9-8+. The Hall–Kier alpha value is -0.590. The first-order valence-electron chi connectivity index (χ1n) is 4.12. The van der Waals surface area contributed by atoms with E-state index in [2.05, 4.69) is 13.8 Å². The van der Waals surface area contributed by atoms with E-state index < -0.39 is 0 Å². The maximum Gasteiger partial charge on any atom is 0.155 e. The van der Waals surface area contributed by atoms with Gasteiger partial charge in [-0.05, 0) is 38.7 Å². The summed E-state index contributed by atoms with van der Waals surface area (Å²) in [4.78, 5) is 10.9. The highest BCUT2D eigenvalue weighted by Crippen LogP contribution is 2.14. The average molecular weight is 154 g/mol. The van der Waals surface area contributed by atoms with E-state index in [0.29, 0.717) is 5.92 Å². The van der Waals surface area contributed by atoms with E-state index >= 15 is 0 Å². The number of ketones is 1. The lowest BCUT2D eigenvalue weighted by Crippen LogP contribution is -1.98. The Kier molecular flexibility index (Phi) is 4.09. The molecular formula is C10H18O. The summed E-state index contributed by atoms with van der Waals surface area (Å²) in [5.41, 5.74) is 2.16. The number of rotatable bonds is 3. The van der Waals surface area contributed by atoms with Crippen molar-refractivity contribution in [3.63, 3.8) is 0 Å². The molecule has 11 heavy (non-hydrogen) atoms. The SMILES string of the molecule is CC(=O)/C(C)=C(\C)CC(C)C. The van der Waals surface area contributed by atoms with Crippen LogP contribution in [0.3, 0.4) is 0 Å². The van der Waals surface area contributed by atoms with Gasteiger partial charge in [0, 0.05) is 0 Å². The summed E-state index contributed by atoms with van der Waals surface area (Å²) in [6.07, 6.45) is 1.03. The molecule has 0 fully saturated rings. The molecule has 0 saturated heterocycles. The minimum atomic E-state index is 0.197. The minimum absolute atomic E-state index is 0.197. The second-order valence-electron chi connectivity index (χ2n) is 3.56. The van der Waals surface area contributed by atoms with Gasteiger partial charge in [-0.1, -0.05) is 19.4 Å². The summed E-state index contributed by atoms with van der Waals surface area (Å²) in [6.45, 7) is 9.89. The van der Waals surface area contributed by atoms with Gasteiger partial charge in [0.1, 0.15) is 0 Å². The second kappa shape index (κ2) is 4.32. The first-order chi connectivity index (χ1) is 4.95. The molecule has 0 spiro atoms. The van der Waals surface area contributed by atoms with Crippen molar-refractivity contribution in [3.05, 3.63) is 11.1 Å². The van der Waals surface area contributed by atoms with Gasteiger partial charge in [-0.2, -0.15) is 0 Å². The molecule has 0 aromatic rings. The highest BCUT2D eigenvalue weighted by atomic mass is 16.1. The topological polar surface area (TPSA) is 17.1 Å². The first-order valence-corrected chi connectivity index (χ1v) is 4.12. The van der Waals surface area contributed by atoms with Gasteiger partial charge in [-0.3, -0.25) is 4.79 Å². The monoisotopic (exact) mass is 154 g/mol. The third kappa shape index (κ3) is 3.97. The van der Waals surface area contributed by atoms with Crippen molar-refractivity contribution in [1.82, 2.24) is 0 Å². The van der Waals surface area contributed by atoms with Crippen molar-refractivity contribution in [3.8, 4) is 0 Å². The molecule has 0 aliphatic rings. The van der Waals surface area contributed by atoms with Gasteiger partial charge in [0.15, 0.2) is 5.78 Å². The Morgan fingerprint density at radius 1 is 1.18 bits per heavy atom. The Bertz CT molecular complexity index is 175. The molecule has 0 radical (unpaired) electrons. The maximum absolute atomic E-state index is 10.9. The fourth-order valence-corrected chi connectivity index (χ4v) is 1.07. The van der Waals surface area contributed by atoms with Crippen LogP contribution in [0.15, 0.2) is 11.1 Å². The van der Waals surface area contributed by atoms with Gasteiger partial charge in [-0.15, -0.1) is 0 Å². The lowest BCUT2D eigenvalue weighted by molar-refractivity contribution is -0.113. The quantitative estimate of drug-likeness (QED) is 0.571. The fraction of sp³-hybridized carbons (Fsp3) is 0.700. The summed E-state index contributed by atoms with van der Waals surface area (Å²) in [5.74, 6) is 0.840. The van der Waals surface area contributed by atoms with E-state index in [1.807, 2.05) is 13.8 Å². The smallest absolute Gasteiger partial charge is 0.155 e. The highest BCUT2D eigenvalue weighted by Gasteiger charge is 2.03. The Balaban J connectivity index is 4.28. The number of Topliss-reactive ketones (excluding diaryl/α,β-unsaturated/α-hetero) is 1. The predicted molar refractivity (Wildman–Crippen MR) is 48.5 cm³/mol. The molecule has 0 heterocycles. The molecule has 0 aliphatic carbocycles. The van der Waals surface area contributed by atoms with E-state index in [1.54, 1.807) is 6.92 Å². The van der Waals surface area contributed by atoms with Crippen molar-refractivity contribution >= 4 is 5.78 Å². The van der Waals surface area contributed by atoms with E-state index in [9.17, 15) is 4.79 Å². The minimum Gasteiger partial charge on any atom is -0.295 e. The van der Waals surface area contributed by atoms with Gasteiger partial charge >= 0.3 is 0 Å². The third-order valence-corrected chi connectivity index (χ3v) is 1.88. The van der Waals surface area contributed by atoms with Gasteiger partial charge < -0.3 is 0 Å². The zero-order chi connectivity index (χ0) is 9.02. The Labute approximate surface area is 69.5 Å². The van der Waals surface area contributed by atoms with Crippen molar-refractivity contribution in [1.29, 1.82) is 0 Å². The van der Waals surface area contributed by atoms with Crippen LogP contribution in [-0.4, -0.2) is 5.78 Å². The molecule has 0 N–H and O–H groups in total. The molecule has 1 nitrogen and oxygen atoms in total. The number of carbonyl (C=O) groups is 1. The molecule has 0 saturated carbocycles. The lowest BCUT2D eigenvalue weighted by atomic mass is 9.99. The molecule has 0 atom stereocenters. The molecule has 0 aliphatic heterocycles. The van der Waals surface area contributed by atoms with Gasteiger partial charge in [-0.25, -0.2) is 0 Å². The fourth-order valence-electron chi connectivity index (χ4n) is 1.07. The van der Waals surface area contributed by atoms with E-state index in [-0.39, 0.29) is 5.78 Å². The van der Waals surface area contributed by atoms with Crippen molar-refractivity contribution in [2.24, 2.45) is 5.92 Å². The molecule has 1 heteroatoms. The maximum atomic E-state index is 10.9. The Morgan fingerprint density at radius 3 is 1.91 bits per heavy atom. The summed E-state index contributed by atoms with van der Waals surface area (Å²) in [6, 6.07) is 0. The summed E-state index contributed by atoms with van der Waals surface area (Å²) in [7, 11) is 0. The average Bonchev–Trinajstić information content (AvgIpc) is 1.84. The van der Waals surface area contributed by atoms with Crippen LogP contribution in [0.1, 0.15) is 41.0 Å². The largest absolute Gasteiger partial charge is 0.295 e. The molecule has 0 aromatic carbocycles. The molecular weight excluding hydrogens is 136 g/mol. The van der Waals surface area contributed by atoms with Crippen LogP contribution >= 0.6 is 0 Å². The summed E-state index contributed by atoms with van der Waals surface area (Å²) >= 11 is 0. The van der Waals surface area contributed by atoms with E-state index in [1.165, 1.54) is 5.57 Å². The number of allylic oxidation sites excluding steroid dienone is 2. The number of hydrogen-bond donors (Lipinski definition) is 0. The predicted octanol–water partition coefficient (Wildman–Crippen LogP) is 2.96. The summed E-state index contributed by atoms with van der Waals surface area (Å²) < 4.78 is 0. The molecule has 64 valence electrons. The zero-order valence-corrected chi connectivity index (χ0v) is 8.19. The van der Waals surface area contributed by atoms with Crippen molar-refractivity contribution < 1.29 is 4.79 Å². The van der Waals surface area contributed by atoms with Crippen LogP contribution in [-0.2, 0) is 4.79 Å². The van der Waals surface area contributed by atoms with Crippen molar-refractivity contribution in [2.75, 3.05) is 0 Å². The number of carbonyl (C=O) groups excluding carboxylic acids is 1. The molecule has 0 amide bonds. The Morgan fingerprint density at radius 2 is 1.64 bits per heavy atom. The highest BCUT2D eigenvalue weighted by molar-refractivity contribution is 5.93. The molecule has 0 rings (SSSR count). The summed E-state index contributed by atoms with van der Waals surface area (Å²) in [5, 5.41) is 0. The van der Waals surface area contributed by atoms with Gasteiger partial charge in [0.05, 0.1) is 0 Å². The lowest BCUT2D eigenvalue weighted by Gasteiger charge is -2.07. The zero-order valence-electron chi connectivity index (χ0n) is 8.19. The third-order valence-electron chi connectivity index (χ3n) is 1.88. The van der Waals surface area contributed by atoms with Crippen LogP contribution in [0.5, 0.6) is 0 Å².